The minimum absolute atomic E-state index is 0.0651. The number of benzene rings is 2. The molecule has 0 saturated heterocycles. The van der Waals surface area contributed by atoms with Crippen LogP contribution in [0.4, 0.5) is 0 Å². The molecule has 0 radical (unpaired) electrons. The molecule has 0 saturated carbocycles. The summed E-state index contributed by atoms with van der Waals surface area (Å²) in [5.74, 6) is 0.831. The van der Waals surface area contributed by atoms with Gasteiger partial charge in [-0.05, 0) is 47.9 Å². The summed E-state index contributed by atoms with van der Waals surface area (Å²) < 4.78 is 27.7. The van der Waals surface area contributed by atoms with Crippen LogP contribution < -0.4 is 4.74 Å². The zero-order chi connectivity index (χ0) is 23.1. The Balaban J connectivity index is 1.83. The highest BCUT2D eigenvalue weighted by molar-refractivity contribution is 7.92. The van der Waals surface area contributed by atoms with Crippen molar-refractivity contribution in [2.75, 3.05) is 5.75 Å². The molecule has 3 aromatic rings. The van der Waals surface area contributed by atoms with Crippen molar-refractivity contribution in [3.8, 4) is 17.0 Å². The Morgan fingerprint density at radius 2 is 1.88 bits per heavy atom. The van der Waals surface area contributed by atoms with Gasteiger partial charge in [-0.15, -0.1) is 0 Å². The fraction of sp³-hybridized carbons (Fsp3) is 0.346. The van der Waals surface area contributed by atoms with E-state index >= 15 is 0 Å². The van der Waals surface area contributed by atoms with Crippen LogP contribution in [0.3, 0.4) is 0 Å². The van der Waals surface area contributed by atoms with Crippen LogP contribution in [-0.2, 0) is 28.2 Å². The number of pyridine rings is 1. The zero-order valence-electron chi connectivity index (χ0n) is 19.0. The molecule has 2 heterocycles. The van der Waals surface area contributed by atoms with Gasteiger partial charge in [0, 0.05) is 22.4 Å². The number of halogens is 1. The van der Waals surface area contributed by atoms with Gasteiger partial charge in [0.2, 0.25) is 0 Å². The van der Waals surface area contributed by atoms with Crippen molar-refractivity contribution in [2.24, 2.45) is 0 Å². The molecule has 1 aromatic heterocycles. The fourth-order valence-corrected chi connectivity index (χ4v) is 6.31. The molecule has 1 aliphatic heterocycles. The second-order valence-corrected chi connectivity index (χ2v) is 12.0. The third kappa shape index (κ3) is 4.55. The lowest BCUT2D eigenvalue weighted by Gasteiger charge is -2.24. The van der Waals surface area contributed by atoms with Crippen LogP contribution >= 0.6 is 11.6 Å². The number of fused-ring (bicyclic) bond motifs is 1. The van der Waals surface area contributed by atoms with Crippen molar-refractivity contribution < 1.29 is 8.95 Å². The molecule has 0 spiro atoms. The van der Waals surface area contributed by atoms with Crippen molar-refractivity contribution in [1.29, 1.82) is 4.78 Å². The van der Waals surface area contributed by atoms with Crippen LogP contribution in [0.1, 0.15) is 49.6 Å². The Hall–Kier alpha value is -2.37. The predicted molar refractivity (Wildman–Crippen MR) is 131 cm³/mol. The monoisotopic (exact) mass is 468 g/mol. The molecule has 6 heteroatoms. The van der Waals surface area contributed by atoms with Crippen LogP contribution in [0, 0.1) is 11.7 Å². The molecule has 0 fully saturated rings. The Morgan fingerprint density at radius 3 is 2.56 bits per heavy atom. The van der Waals surface area contributed by atoms with Crippen LogP contribution in [0.5, 0.6) is 5.75 Å². The van der Waals surface area contributed by atoms with Crippen molar-refractivity contribution in [2.45, 2.75) is 57.5 Å². The molecule has 32 heavy (non-hydrogen) atoms. The molecule has 0 unspecified atom stereocenters. The van der Waals surface area contributed by atoms with E-state index in [-0.39, 0.29) is 5.41 Å². The second kappa shape index (κ2) is 8.53. The van der Waals surface area contributed by atoms with E-state index in [2.05, 4.69) is 33.8 Å². The second-order valence-electron chi connectivity index (χ2n) is 9.44. The summed E-state index contributed by atoms with van der Waals surface area (Å²) in [6, 6.07) is 15.8. The van der Waals surface area contributed by atoms with Gasteiger partial charge < -0.3 is 4.74 Å². The van der Waals surface area contributed by atoms with Gasteiger partial charge in [0.05, 0.1) is 21.1 Å². The number of ether oxygens (including phenoxy) is 1. The summed E-state index contributed by atoms with van der Waals surface area (Å²) >= 11 is 6.67. The highest BCUT2D eigenvalue weighted by Crippen LogP contribution is 2.39. The third-order valence-electron chi connectivity index (χ3n) is 5.82. The average Bonchev–Trinajstić information content (AvgIpc) is 2.72. The van der Waals surface area contributed by atoms with E-state index in [1.807, 2.05) is 42.5 Å². The maximum Gasteiger partial charge on any atom is 0.140 e. The van der Waals surface area contributed by atoms with Gasteiger partial charge in [-0.25, -0.2) is 8.99 Å². The molecular formula is C26H29ClN2O2S. The molecule has 0 aliphatic carbocycles. The van der Waals surface area contributed by atoms with Crippen LogP contribution in [0.25, 0.3) is 11.3 Å². The Kier molecular flexibility index (Phi) is 6.08. The van der Waals surface area contributed by atoms with E-state index in [0.717, 1.165) is 27.9 Å². The van der Waals surface area contributed by atoms with E-state index in [4.69, 9.17) is 26.1 Å². The molecule has 1 aliphatic rings. The summed E-state index contributed by atoms with van der Waals surface area (Å²) in [5, 5.41) is 0.702. The maximum atomic E-state index is 13.1. The Labute approximate surface area is 196 Å². The summed E-state index contributed by atoms with van der Waals surface area (Å²) in [6.45, 7) is 8.83. The lowest BCUT2D eigenvalue weighted by Crippen LogP contribution is -2.18. The highest BCUT2D eigenvalue weighted by atomic mass is 35.5. The molecule has 1 atom stereocenters. The minimum Gasteiger partial charge on any atom is -0.487 e. The van der Waals surface area contributed by atoms with E-state index in [0.29, 0.717) is 46.6 Å². The van der Waals surface area contributed by atoms with E-state index in [9.17, 15) is 4.21 Å². The molecule has 0 amide bonds. The first kappa shape index (κ1) is 22.8. The van der Waals surface area contributed by atoms with Gasteiger partial charge in [0.25, 0.3) is 0 Å². The summed E-state index contributed by atoms with van der Waals surface area (Å²) in [4.78, 5) is 5.31. The highest BCUT2D eigenvalue weighted by Gasteiger charge is 2.28. The fourth-order valence-electron chi connectivity index (χ4n) is 4.14. The van der Waals surface area contributed by atoms with Crippen molar-refractivity contribution in [1.82, 2.24) is 4.98 Å². The molecule has 1 N–H and O–H groups in total. The number of rotatable bonds is 4. The van der Waals surface area contributed by atoms with Gasteiger partial charge in [0.15, 0.2) is 0 Å². The first-order valence-corrected chi connectivity index (χ1v) is 12.9. The van der Waals surface area contributed by atoms with Gasteiger partial charge in [-0.1, -0.05) is 68.8 Å². The molecule has 4 nitrogen and oxygen atoms in total. The molecular weight excluding hydrogens is 440 g/mol. The number of hydrogen-bond donors (Lipinski definition) is 1. The number of nitrogens with one attached hydrogen (secondary N) is 1. The maximum absolute atomic E-state index is 13.1. The van der Waals surface area contributed by atoms with Gasteiger partial charge in [-0.3, -0.25) is 4.98 Å². The third-order valence-corrected chi connectivity index (χ3v) is 8.09. The summed E-state index contributed by atoms with van der Waals surface area (Å²) in [7, 11) is -2.93. The van der Waals surface area contributed by atoms with E-state index in [1.54, 1.807) is 0 Å². The van der Waals surface area contributed by atoms with Gasteiger partial charge >= 0.3 is 0 Å². The minimum atomic E-state index is -2.93. The summed E-state index contributed by atoms with van der Waals surface area (Å²) in [6.07, 6.45) is 1.38. The average molecular weight is 469 g/mol. The van der Waals surface area contributed by atoms with E-state index in [1.165, 1.54) is 0 Å². The molecule has 4 rings (SSSR count). The van der Waals surface area contributed by atoms with Crippen molar-refractivity contribution >= 4 is 21.3 Å². The smallest absolute Gasteiger partial charge is 0.140 e. The number of aryl methyl sites for hydroxylation is 2. The van der Waals surface area contributed by atoms with Gasteiger partial charge in [-0.2, -0.15) is 0 Å². The number of aromatic nitrogens is 1. The van der Waals surface area contributed by atoms with Gasteiger partial charge in [0.1, 0.15) is 17.3 Å². The topological polar surface area (TPSA) is 63.0 Å². The van der Waals surface area contributed by atoms with Crippen molar-refractivity contribution in [3.05, 3.63) is 75.9 Å². The molecule has 168 valence electrons. The lowest BCUT2D eigenvalue weighted by atomic mass is 9.85. The largest absolute Gasteiger partial charge is 0.487 e. The predicted octanol–water partition coefficient (Wildman–Crippen LogP) is 6.94. The lowest BCUT2D eigenvalue weighted by molar-refractivity contribution is 0.297. The number of nitrogens with zero attached hydrogens (tertiary/aromatic N) is 1. The number of hydrogen-bond acceptors (Lipinski definition) is 4. The van der Waals surface area contributed by atoms with E-state index < -0.39 is 9.73 Å². The molecule has 2 aromatic carbocycles. The quantitative estimate of drug-likeness (QED) is 0.451. The first-order chi connectivity index (χ1) is 15.1. The SMILES string of the molecule is Cc1cc(C(C)(C)C)c(Cl)cc1-c1cc(OCc2ccccc2)c2c(n1)CCC[S@]2(=N)=O. The Morgan fingerprint density at radius 1 is 1.16 bits per heavy atom. The normalized spacial score (nSPS) is 18.3. The van der Waals surface area contributed by atoms with Crippen LogP contribution in [0.2, 0.25) is 5.02 Å². The standard InChI is InChI=1S/C26H29ClN2O2S/c1-17-13-20(26(2,3)4)21(27)14-19(17)23-15-24(31-16-18-9-6-5-7-10-18)25-22(29-23)11-8-12-32(25,28)30/h5-7,9-10,13-15,28H,8,11-12,16H2,1-4H3/t32-/m0/s1. The molecule has 0 bridgehead atoms. The van der Waals surface area contributed by atoms with Crippen molar-refractivity contribution in [3.63, 3.8) is 0 Å². The Bertz CT molecular complexity index is 1260. The summed E-state index contributed by atoms with van der Waals surface area (Å²) in [5.41, 5.74) is 5.48. The van der Waals surface area contributed by atoms with Crippen LogP contribution in [-0.4, -0.2) is 14.9 Å². The first-order valence-electron chi connectivity index (χ1n) is 10.8. The van der Waals surface area contributed by atoms with Crippen LogP contribution in [0.15, 0.2) is 53.4 Å². The zero-order valence-corrected chi connectivity index (χ0v) is 20.6.